The lowest BCUT2D eigenvalue weighted by Gasteiger charge is -2.34. The summed E-state index contributed by atoms with van der Waals surface area (Å²) in [6, 6.07) is 8.95. The Morgan fingerprint density at radius 1 is 1.12 bits per heavy atom. The molecular weight excluding hydrogens is 208 g/mol. The molecular formula is C15H22N2. The van der Waals surface area contributed by atoms with E-state index in [4.69, 9.17) is 5.73 Å². The van der Waals surface area contributed by atoms with Crippen LogP contribution in [-0.4, -0.2) is 13.1 Å². The van der Waals surface area contributed by atoms with Gasteiger partial charge in [-0.2, -0.15) is 0 Å². The van der Waals surface area contributed by atoms with Crippen LogP contribution in [-0.2, 0) is 0 Å². The number of para-hydroxylation sites is 1. The van der Waals surface area contributed by atoms with Gasteiger partial charge >= 0.3 is 0 Å². The van der Waals surface area contributed by atoms with Crippen molar-refractivity contribution in [1.82, 2.24) is 0 Å². The molecule has 3 rings (SSSR count). The summed E-state index contributed by atoms with van der Waals surface area (Å²) in [5.41, 5.74) is 9.00. The molecule has 92 valence electrons. The molecule has 0 aromatic heterocycles. The van der Waals surface area contributed by atoms with Crippen LogP contribution in [0.25, 0.3) is 0 Å². The molecule has 1 heterocycles. The summed E-state index contributed by atoms with van der Waals surface area (Å²) in [7, 11) is 0. The maximum Gasteiger partial charge on any atom is 0.0414 e. The average Bonchev–Trinajstić information content (AvgIpc) is 2.45. The molecule has 0 saturated heterocycles. The molecule has 1 aromatic rings. The number of fused-ring (bicyclic) bond motifs is 1. The number of nitrogens with two attached hydrogens (primary N) is 1. The summed E-state index contributed by atoms with van der Waals surface area (Å²) in [5.74, 6) is 0.928. The molecule has 2 heteroatoms. The van der Waals surface area contributed by atoms with Gasteiger partial charge in [-0.25, -0.2) is 0 Å². The van der Waals surface area contributed by atoms with Crippen LogP contribution < -0.4 is 10.6 Å². The number of anilines is 1. The highest BCUT2D eigenvalue weighted by atomic mass is 15.1. The number of hydrogen-bond donors (Lipinski definition) is 1. The summed E-state index contributed by atoms with van der Waals surface area (Å²) in [4.78, 5) is 2.58. The fourth-order valence-electron chi connectivity index (χ4n) is 3.04. The first-order valence-electron chi connectivity index (χ1n) is 6.94. The van der Waals surface area contributed by atoms with Gasteiger partial charge in [0.2, 0.25) is 0 Å². The van der Waals surface area contributed by atoms with Gasteiger partial charge < -0.3 is 10.6 Å². The molecule has 2 N–H and O–H groups in total. The molecule has 1 saturated carbocycles. The normalized spacial score (nSPS) is 25.0. The molecule has 2 aliphatic rings. The highest BCUT2D eigenvalue weighted by Gasteiger charge is 2.24. The zero-order chi connectivity index (χ0) is 11.7. The van der Waals surface area contributed by atoms with Crippen LogP contribution in [0, 0.1) is 5.92 Å². The third kappa shape index (κ3) is 2.19. The standard InChI is InChI=1S/C15H22N2/c16-14-8-4-10-17(11-12-5-3-6-12)15-9-2-1-7-13(14)15/h1-2,7,9,12,14H,3-6,8,10-11,16H2. The molecule has 1 aliphatic heterocycles. The molecule has 17 heavy (non-hydrogen) atoms. The van der Waals surface area contributed by atoms with Gasteiger partial charge in [0.15, 0.2) is 0 Å². The van der Waals surface area contributed by atoms with Crippen LogP contribution in [0.3, 0.4) is 0 Å². The lowest BCUT2D eigenvalue weighted by Crippen LogP contribution is -2.33. The zero-order valence-corrected chi connectivity index (χ0v) is 10.4. The van der Waals surface area contributed by atoms with Gasteiger partial charge in [-0.15, -0.1) is 0 Å². The van der Waals surface area contributed by atoms with Crippen molar-refractivity contribution in [3.8, 4) is 0 Å². The van der Waals surface area contributed by atoms with E-state index in [1.165, 1.54) is 50.0 Å². The Morgan fingerprint density at radius 3 is 2.71 bits per heavy atom. The fourth-order valence-corrected chi connectivity index (χ4v) is 3.04. The maximum atomic E-state index is 6.26. The van der Waals surface area contributed by atoms with Crippen LogP contribution >= 0.6 is 0 Å². The van der Waals surface area contributed by atoms with Crippen LogP contribution in [0.4, 0.5) is 5.69 Å². The van der Waals surface area contributed by atoms with Gasteiger partial charge in [0, 0.05) is 24.8 Å². The second kappa shape index (κ2) is 4.69. The smallest absolute Gasteiger partial charge is 0.0414 e. The summed E-state index contributed by atoms with van der Waals surface area (Å²) >= 11 is 0. The summed E-state index contributed by atoms with van der Waals surface area (Å²) in [5, 5.41) is 0. The molecule has 0 amide bonds. The minimum atomic E-state index is 0.234. The molecule has 0 bridgehead atoms. The van der Waals surface area contributed by atoms with Crippen molar-refractivity contribution in [3.05, 3.63) is 29.8 Å². The lowest BCUT2D eigenvalue weighted by molar-refractivity contribution is 0.317. The van der Waals surface area contributed by atoms with E-state index in [9.17, 15) is 0 Å². The minimum Gasteiger partial charge on any atom is -0.371 e. The van der Waals surface area contributed by atoms with E-state index in [1.54, 1.807) is 0 Å². The predicted octanol–water partition coefficient (Wildman–Crippen LogP) is 3.09. The second-order valence-corrected chi connectivity index (χ2v) is 5.55. The van der Waals surface area contributed by atoms with E-state index in [1.807, 2.05) is 0 Å². The van der Waals surface area contributed by atoms with Gasteiger partial charge in [-0.05, 0) is 43.2 Å². The number of benzene rings is 1. The Kier molecular flexibility index (Phi) is 3.06. The van der Waals surface area contributed by atoms with Crippen molar-refractivity contribution in [2.24, 2.45) is 11.7 Å². The Morgan fingerprint density at radius 2 is 1.94 bits per heavy atom. The predicted molar refractivity (Wildman–Crippen MR) is 72.2 cm³/mol. The number of rotatable bonds is 2. The van der Waals surface area contributed by atoms with Gasteiger partial charge in [-0.3, -0.25) is 0 Å². The fraction of sp³-hybridized carbons (Fsp3) is 0.600. The molecule has 0 spiro atoms. The van der Waals surface area contributed by atoms with Crippen LogP contribution in [0.1, 0.15) is 43.7 Å². The van der Waals surface area contributed by atoms with Crippen LogP contribution in [0.2, 0.25) is 0 Å². The Bertz CT molecular complexity index is 384. The van der Waals surface area contributed by atoms with Crippen molar-refractivity contribution in [1.29, 1.82) is 0 Å². The minimum absolute atomic E-state index is 0.234. The Balaban J connectivity index is 1.85. The van der Waals surface area contributed by atoms with E-state index in [-0.39, 0.29) is 6.04 Å². The van der Waals surface area contributed by atoms with Crippen LogP contribution in [0.15, 0.2) is 24.3 Å². The first-order valence-corrected chi connectivity index (χ1v) is 6.94. The van der Waals surface area contributed by atoms with Gasteiger partial charge in [-0.1, -0.05) is 24.6 Å². The van der Waals surface area contributed by atoms with E-state index >= 15 is 0 Å². The molecule has 1 atom stereocenters. The first kappa shape index (κ1) is 11.1. The lowest BCUT2D eigenvalue weighted by atomic mass is 9.85. The SMILES string of the molecule is NC1CCCN(CC2CCC2)c2ccccc21. The van der Waals surface area contributed by atoms with Gasteiger partial charge in [0.05, 0.1) is 0 Å². The van der Waals surface area contributed by atoms with E-state index in [0.717, 1.165) is 12.3 Å². The topological polar surface area (TPSA) is 29.3 Å². The van der Waals surface area contributed by atoms with Crippen molar-refractivity contribution >= 4 is 5.69 Å². The zero-order valence-electron chi connectivity index (χ0n) is 10.4. The number of hydrogen-bond acceptors (Lipinski definition) is 2. The molecule has 2 nitrogen and oxygen atoms in total. The van der Waals surface area contributed by atoms with Crippen molar-refractivity contribution in [2.75, 3.05) is 18.0 Å². The van der Waals surface area contributed by atoms with Gasteiger partial charge in [0.25, 0.3) is 0 Å². The Hall–Kier alpha value is -1.02. The second-order valence-electron chi connectivity index (χ2n) is 5.55. The van der Waals surface area contributed by atoms with Crippen molar-refractivity contribution < 1.29 is 0 Å². The molecule has 1 unspecified atom stereocenters. The summed E-state index contributed by atoms with van der Waals surface area (Å²) < 4.78 is 0. The van der Waals surface area contributed by atoms with Crippen molar-refractivity contribution in [3.63, 3.8) is 0 Å². The third-order valence-corrected chi connectivity index (χ3v) is 4.32. The van der Waals surface area contributed by atoms with E-state index in [0.29, 0.717) is 0 Å². The first-order chi connectivity index (χ1) is 8.34. The number of nitrogens with zero attached hydrogens (tertiary/aromatic N) is 1. The average molecular weight is 230 g/mol. The maximum absolute atomic E-state index is 6.26. The third-order valence-electron chi connectivity index (χ3n) is 4.32. The highest BCUT2D eigenvalue weighted by molar-refractivity contribution is 5.55. The summed E-state index contributed by atoms with van der Waals surface area (Å²) in [6.07, 6.45) is 6.62. The quantitative estimate of drug-likeness (QED) is 0.846. The molecule has 0 radical (unpaired) electrons. The van der Waals surface area contributed by atoms with E-state index < -0.39 is 0 Å². The van der Waals surface area contributed by atoms with Gasteiger partial charge in [0.1, 0.15) is 0 Å². The molecule has 1 aliphatic carbocycles. The largest absolute Gasteiger partial charge is 0.371 e. The van der Waals surface area contributed by atoms with E-state index in [2.05, 4.69) is 29.2 Å². The highest BCUT2D eigenvalue weighted by Crippen LogP contribution is 2.34. The summed E-state index contributed by atoms with van der Waals surface area (Å²) in [6.45, 7) is 2.42. The Labute approximate surface area is 104 Å². The monoisotopic (exact) mass is 230 g/mol. The molecule has 1 fully saturated rings. The van der Waals surface area contributed by atoms with Crippen molar-refractivity contribution in [2.45, 2.75) is 38.1 Å². The molecule has 1 aromatic carbocycles. The van der Waals surface area contributed by atoms with Crippen LogP contribution in [0.5, 0.6) is 0 Å².